The second kappa shape index (κ2) is 10.9. The van der Waals surface area contributed by atoms with Crippen molar-refractivity contribution in [1.82, 2.24) is 0 Å². The van der Waals surface area contributed by atoms with Crippen LogP contribution in [0.1, 0.15) is 74.8 Å². The van der Waals surface area contributed by atoms with Crippen LogP contribution in [0.3, 0.4) is 0 Å². The Morgan fingerprint density at radius 2 is 1.70 bits per heavy atom. The van der Waals surface area contributed by atoms with Crippen molar-refractivity contribution in [2.75, 3.05) is 14.2 Å². The lowest BCUT2D eigenvalue weighted by atomic mass is 9.69. The number of hydrogen-bond acceptors (Lipinski definition) is 6. The zero-order valence-electron chi connectivity index (χ0n) is 21.9. The summed E-state index contributed by atoms with van der Waals surface area (Å²) in [6.07, 6.45) is 6.02. The molecule has 0 amide bonds. The van der Waals surface area contributed by atoms with Gasteiger partial charge in [0, 0.05) is 34.9 Å². The lowest BCUT2D eigenvalue weighted by Crippen LogP contribution is -2.39. The van der Waals surface area contributed by atoms with Gasteiger partial charge >= 0.3 is 5.97 Å². The fraction of sp³-hybridized carbons (Fsp3) is 0.452. The molecule has 3 atom stereocenters. The van der Waals surface area contributed by atoms with Gasteiger partial charge in [0.15, 0.2) is 5.78 Å². The van der Waals surface area contributed by atoms with Crippen molar-refractivity contribution < 1.29 is 23.8 Å². The molecule has 0 spiro atoms. The van der Waals surface area contributed by atoms with Crippen LogP contribution in [0.2, 0.25) is 0 Å². The minimum Gasteiger partial charge on any atom is -0.497 e. The third-order valence-corrected chi connectivity index (χ3v) is 8.02. The summed E-state index contributed by atoms with van der Waals surface area (Å²) >= 11 is 0. The first-order valence-corrected chi connectivity index (χ1v) is 13.3. The van der Waals surface area contributed by atoms with Crippen molar-refractivity contribution in [2.45, 2.75) is 69.8 Å². The molecule has 0 aromatic heterocycles. The number of methoxy groups -OCH3 is 2. The maximum Gasteiger partial charge on any atom is 0.315 e. The molecule has 2 aromatic carbocycles. The number of Topliss-reactive ketones (excluding diaryl/α,β-unsaturated/α-hetero) is 1. The number of allylic oxidation sites excluding steroid dienone is 2. The van der Waals surface area contributed by atoms with Crippen LogP contribution >= 0.6 is 0 Å². The van der Waals surface area contributed by atoms with E-state index >= 15 is 0 Å². The van der Waals surface area contributed by atoms with E-state index in [1.807, 2.05) is 43.3 Å². The van der Waals surface area contributed by atoms with Crippen LogP contribution in [-0.2, 0) is 14.3 Å². The van der Waals surface area contributed by atoms with E-state index in [0.29, 0.717) is 35.6 Å². The van der Waals surface area contributed by atoms with E-state index in [-0.39, 0.29) is 23.8 Å². The molecule has 5 rings (SSSR count). The lowest BCUT2D eigenvalue weighted by molar-refractivity contribution is -0.153. The maximum atomic E-state index is 13.9. The molecule has 0 saturated heterocycles. The molecule has 37 heavy (non-hydrogen) atoms. The predicted molar refractivity (Wildman–Crippen MR) is 142 cm³/mol. The van der Waals surface area contributed by atoms with Gasteiger partial charge in [-0.05, 0) is 68.7 Å². The lowest BCUT2D eigenvalue weighted by Gasteiger charge is -2.37. The Balaban J connectivity index is 1.59. The summed E-state index contributed by atoms with van der Waals surface area (Å²) < 4.78 is 17.3. The molecule has 0 bridgehead atoms. The normalized spacial score (nSPS) is 24.2. The first-order chi connectivity index (χ1) is 18.0. The van der Waals surface area contributed by atoms with Crippen molar-refractivity contribution >= 4 is 17.5 Å². The van der Waals surface area contributed by atoms with E-state index < -0.39 is 11.8 Å². The van der Waals surface area contributed by atoms with Gasteiger partial charge in [0.05, 0.1) is 14.2 Å². The molecule has 0 radical (unpaired) electrons. The Morgan fingerprint density at radius 1 is 0.946 bits per heavy atom. The Kier molecular flexibility index (Phi) is 7.45. The van der Waals surface area contributed by atoms with Gasteiger partial charge in [-0.25, -0.2) is 0 Å². The maximum absolute atomic E-state index is 13.9. The summed E-state index contributed by atoms with van der Waals surface area (Å²) in [4.78, 5) is 32.5. The molecule has 1 heterocycles. The Hall–Kier alpha value is -3.41. The molecular formula is C31H35NO5. The van der Waals surface area contributed by atoms with Gasteiger partial charge in [0.25, 0.3) is 0 Å². The number of ketones is 1. The largest absolute Gasteiger partial charge is 0.497 e. The molecule has 1 fully saturated rings. The molecule has 0 N–H and O–H groups in total. The quantitative estimate of drug-likeness (QED) is 0.444. The minimum absolute atomic E-state index is 0.0247. The third-order valence-electron chi connectivity index (χ3n) is 8.02. The van der Waals surface area contributed by atoms with Gasteiger partial charge in [-0.3, -0.25) is 14.6 Å². The van der Waals surface area contributed by atoms with E-state index in [9.17, 15) is 9.59 Å². The Morgan fingerprint density at radius 3 is 2.41 bits per heavy atom. The van der Waals surface area contributed by atoms with E-state index in [1.54, 1.807) is 14.2 Å². The van der Waals surface area contributed by atoms with E-state index in [4.69, 9.17) is 19.2 Å². The molecule has 1 aliphatic heterocycles. The number of carbonyl (C=O) groups is 2. The van der Waals surface area contributed by atoms with Crippen LogP contribution in [0.5, 0.6) is 11.5 Å². The second-order valence-corrected chi connectivity index (χ2v) is 10.3. The fourth-order valence-electron chi connectivity index (χ4n) is 6.16. The zero-order valence-corrected chi connectivity index (χ0v) is 21.9. The van der Waals surface area contributed by atoms with Crippen molar-refractivity contribution in [3.63, 3.8) is 0 Å². The highest BCUT2D eigenvalue weighted by molar-refractivity contribution is 6.09. The van der Waals surface area contributed by atoms with Crippen molar-refractivity contribution in [2.24, 2.45) is 10.9 Å². The summed E-state index contributed by atoms with van der Waals surface area (Å²) in [5.74, 6) is -0.215. The number of carbonyl (C=O) groups excluding carboxylic acids is 2. The molecular weight excluding hydrogens is 466 g/mol. The summed E-state index contributed by atoms with van der Waals surface area (Å²) in [5.41, 5.74) is 3.93. The number of ether oxygens (including phenoxy) is 3. The van der Waals surface area contributed by atoms with Crippen LogP contribution in [0, 0.1) is 5.92 Å². The molecule has 1 unspecified atom stereocenters. The summed E-state index contributed by atoms with van der Waals surface area (Å²) in [7, 11) is 3.21. The molecule has 2 aromatic rings. The molecule has 6 heteroatoms. The molecule has 1 saturated carbocycles. The van der Waals surface area contributed by atoms with Gasteiger partial charge in [0.2, 0.25) is 0 Å². The van der Waals surface area contributed by atoms with E-state index in [0.717, 1.165) is 42.5 Å². The summed E-state index contributed by atoms with van der Waals surface area (Å²) in [6.45, 7) is 1.88. The highest BCUT2D eigenvalue weighted by atomic mass is 16.5. The number of nitrogens with zero attached hydrogens (tertiary/aromatic N) is 1. The van der Waals surface area contributed by atoms with Crippen molar-refractivity contribution in [1.29, 1.82) is 0 Å². The Bertz CT molecular complexity index is 1230. The Labute approximate surface area is 218 Å². The van der Waals surface area contributed by atoms with Crippen LogP contribution < -0.4 is 9.47 Å². The number of rotatable bonds is 6. The van der Waals surface area contributed by atoms with E-state index in [1.165, 1.54) is 6.42 Å². The SMILES string of the molecule is COc1ccc(OC)c([C@@H]2C3=C(C[C@@H](c4ccccc4)CC3=O)N=C(C)C2C(=O)OC2CCCCC2)c1. The molecule has 2 aliphatic carbocycles. The number of esters is 1. The summed E-state index contributed by atoms with van der Waals surface area (Å²) in [6, 6.07) is 15.6. The second-order valence-electron chi connectivity index (χ2n) is 10.3. The highest BCUT2D eigenvalue weighted by Gasteiger charge is 2.46. The average Bonchev–Trinajstić information content (AvgIpc) is 2.92. The topological polar surface area (TPSA) is 74.2 Å². The van der Waals surface area contributed by atoms with Gasteiger partial charge in [0.1, 0.15) is 23.5 Å². The average molecular weight is 502 g/mol. The molecule has 3 aliphatic rings. The van der Waals surface area contributed by atoms with Gasteiger partial charge in [-0.15, -0.1) is 0 Å². The van der Waals surface area contributed by atoms with Gasteiger partial charge < -0.3 is 14.2 Å². The number of benzene rings is 2. The van der Waals surface area contributed by atoms with E-state index in [2.05, 4.69) is 12.1 Å². The fourth-order valence-corrected chi connectivity index (χ4v) is 6.16. The van der Waals surface area contributed by atoms with Crippen LogP contribution in [0.4, 0.5) is 0 Å². The van der Waals surface area contributed by atoms with Gasteiger partial charge in [-0.1, -0.05) is 36.8 Å². The smallest absolute Gasteiger partial charge is 0.315 e. The van der Waals surface area contributed by atoms with Crippen LogP contribution in [-0.4, -0.2) is 37.8 Å². The van der Waals surface area contributed by atoms with Crippen LogP contribution in [0.25, 0.3) is 0 Å². The minimum atomic E-state index is -0.695. The molecule has 194 valence electrons. The van der Waals surface area contributed by atoms with Crippen LogP contribution in [0.15, 0.2) is 64.8 Å². The summed E-state index contributed by atoms with van der Waals surface area (Å²) in [5, 5.41) is 0. The number of aliphatic imine (C=N–C) groups is 1. The number of hydrogen-bond donors (Lipinski definition) is 0. The van der Waals surface area contributed by atoms with Gasteiger partial charge in [-0.2, -0.15) is 0 Å². The predicted octanol–water partition coefficient (Wildman–Crippen LogP) is 6.15. The standard InChI is InChI=1S/C31H35NO5/c1-19-28(31(34)37-22-12-8-5-9-13-22)29(24-18-23(35-2)14-15-27(24)36-3)30-25(32-19)16-21(17-26(30)33)20-10-6-4-7-11-20/h4,6-7,10-11,14-15,18,21-22,28-29H,5,8-9,12-13,16-17H2,1-3H3/t21-,28?,29+/m1/s1. The van der Waals surface area contributed by atoms with Crippen molar-refractivity contribution in [3.05, 3.63) is 70.9 Å². The van der Waals surface area contributed by atoms with Crippen molar-refractivity contribution in [3.8, 4) is 11.5 Å². The zero-order chi connectivity index (χ0) is 25.9. The molecule has 6 nitrogen and oxygen atoms in total. The highest BCUT2D eigenvalue weighted by Crippen LogP contribution is 2.49. The first kappa shape index (κ1) is 25.2. The third kappa shape index (κ3) is 5.07. The monoisotopic (exact) mass is 501 g/mol. The first-order valence-electron chi connectivity index (χ1n) is 13.3.